The quantitative estimate of drug-likeness (QED) is 0.888. The molecule has 0 bridgehead atoms. The van der Waals surface area contributed by atoms with Crippen LogP contribution in [-0.4, -0.2) is 22.5 Å². The van der Waals surface area contributed by atoms with Crippen LogP contribution in [0.5, 0.6) is 0 Å². The minimum atomic E-state index is -0.529. The summed E-state index contributed by atoms with van der Waals surface area (Å²) in [5.41, 5.74) is 0.516. The van der Waals surface area contributed by atoms with Crippen molar-refractivity contribution in [1.29, 1.82) is 0 Å². The number of benzene rings is 1. The van der Waals surface area contributed by atoms with E-state index in [2.05, 4.69) is 30.3 Å². The molecule has 1 unspecified atom stereocenters. The second-order valence-corrected chi connectivity index (χ2v) is 6.37. The number of nitrogens with zero attached hydrogens (tertiary/aromatic N) is 1. The summed E-state index contributed by atoms with van der Waals surface area (Å²) in [6.45, 7) is 0. The van der Waals surface area contributed by atoms with Crippen LogP contribution < -0.4 is 0 Å². The number of aliphatic hydroxyl groups is 1. The monoisotopic (exact) mass is 269 g/mol. The van der Waals surface area contributed by atoms with Gasteiger partial charge in [-0.05, 0) is 24.5 Å². The predicted molar refractivity (Wildman–Crippen MR) is 83.2 cm³/mol. The number of allylic oxidation sites excluding steroid dienone is 1. The van der Waals surface area contributed by atoms with Crippen molar-refractivity contribution in [3.8, 4) is 0 Å². The molecular formula is C18H23NO. The largest absolute Gasteiger partial charge is 0.390 e. The van der Waals surface area contributed by atoms with E-state index in [-0.39, 0.29) is 5.54 Å². The van der Waals surface area contributed by atoms with Gasteiger partial charge in [-0.1, -0.05) is 55.7 Å². The summed E-state index contributed by atoms with van der Waals surface area (Å²) in [5, 5.41) is 10.9. The van der Waals surface area contributed by atoms with Crippen molar-refractivity contribution >= 4 is 6.21 Å². The highest BCUT2D eigenvalue weighted by Crippen LogP contribution is 2.39. The first-order valence-corrected chi connectivity index (χ1v) is 7.69. The lowest BCUT2D eigenvalue weighted by Crippen LogP contribution is -2.41. The van der Waals surface area contributed by atoms with Gasteiger partial charge >= 0.3 is 0 Å². The summed E-state index contributed by atoms with van der Waals surface area (Å²) in [7, 11) is 0. The molecule has 1 aliphatic heterocycles. The van der Waals surface area contributed by atoms with Crippen molar-refractivity contribution in [2.45, 2.75) is 56.1 Å². The van der Waals surface area contributed by atoms with Gasteiger partial charge in [0.25, 0.3) is 0 Å². The molecule has 20 heavy (non-hydrogen) atoms. The van der Waals surface area contributed by atoms with E-state index >= 15 is 0 Å². The maximum Gasteiger partial charge on any atom is 0.0858 e. The Morgan fingerprint density at radius 1 is 1.05 bits per heavy atom. The zero-order valence-electron chi connectivity index (χ0n) is 12.0. The summed E-state index contributed by atoms with van der Waals surface area (Å²) >= 11 is 0. The van der Waals surface area contributed by atoms with Crippen LogP contribution in [0.25, 0.3) is 0 Å². The fraction of sp³-hybridized carbons (Fsp3) is 0.500. The zero-order valence-corrected chi connectivity index (χ0v) is 12.0. The third kappa shape index (κ3) is 3.01. The number of rotatable bonds is 4. The molecule has 3 rings (SSSR count). The summed E-state index contributed by atoms with van der Waals surface area (Å²) in [6, 6.07) is 10.5. The van der Waals surface area contributed by atoms with E-state index in [0.29, 0.717) is 0 Å². The highest BCUT2D eigenvalue weighted by atomic mass is 16.3. The lowest BCUT2D eigenvalue weighted by atomic mass is 9.74. The topological polar surface area (TPSA) is 32.6 Å². The normalized spacial score (nSPS) is 27.9. The van der Waals surface area contributed by atoms with E-state index in [1.54, 1.807) is 0 Å². The molecule has 2 nitrogen and oxygen atoms in total. The van der Waals surface area contributed by atoms with Crippen molar-refractivity contribution < 1.29 is 5.11 Å². The Labute approximate surface area is 121 Å². The van der Waals surface area contributed by atoms with E-state index in [9.17, 15) is 5.11 Å². The number of hydrogen-bond acceptors (Lipinski definition) is 2. The van der Waals surface area contributed by atoms with Gasteiger partial charge in [-0.2, -0.15) is 0 Å². The third-order valence-corrected chi connectivity index (χ3v) is 4.60. The smallest absolute Gasteiger partial charge is 0.0858 e. The van der Waals surface area contributed by atoms with Gasteiger partial charge in [0.15, 0.2) is 0 Å². The molecule has 0 amide bonds. The number of hydrogen-bond donors (Lipinski definition) is 1. The lowest BCUT2D eigenvalue weighted by Gasteiger charge is -2.38. The molecule has 2 aliphatic rings. The molecule has 106 valence electrons. The van der Waals surface area contributed by atoms with Crippen LogP contribution >= 0.6 is 0 Å². The average Bonchev–Trinajstić information content (AvgIpc) is 2.88. The Bertz CT molecular complexity index is 485. The van der Waals surface area contributed by atoms with Crippen LogP contribution in [0.4, 0.5) is 0 Å². The maximum absolute atomic E-state index is 10.9. The van der Waals surface area contributed by atoms with Gasteiger partial charge in [-0.25, -0.2) is 0 Å². The molecule has 1 N–H and O–H groups in total. The summed E-state index contributed by atoms with van der Waals surface area (Å²) < 4.78 is 0. The van der Waals surface area contributed by atoms with E-state index in [4.69, 9.17) is 4.99 Å². The Morgan fingerprint density at radius 2 is 1.80 bits per heavy atom. The first-order chi connectivity index (χ1) is 9.70. The van der Waals surface area contributed by atoms with Gasteiger partial charge in [0, 0.05) is 19.1 Å². The molecule has 1 fully saturated rings. The Kier molecular flexibility index (Phi) is 3.75. The minimum absolute atomic E-state index is 0.243. The van der Waals surface area contributed by atoms with Gasteiger partial charge in [0.2, 0.25) is 0 Å². The van der Waals surface area contributed by atoms with Crippen molar-refractivity contribution in [2.75, 3.05) is 0 Å². The Morgan fingerprint density at radius 3 is 2.45 bits per heavy atom. The van der Waals surface area contributed by atoms with Crippen molar-refractivity contribution in [3.05, 3.63) is 48.0 Å². The second kappa shape index (κ2) is 5.53. The molecule has 0 radical (unpaired) electrons. The molecular weight excluding hydrogens is 246 g/mol. The first-order valence-electron chi connectivity index (χ1n) is 7.69. The second-order valence-electron chi connectivity index (χ2n) is 6.37. The number of aliphatic imine (C=N–C) groups is 1. The van der Waals surface area contributed by atoms with Gasteiger partial charge in [-0.15, -0.1) is 0 Å². The average molecular weight is 269 g/mol. The first kappa shape index (κ1) is 13.6. The minimum Gasteiger partial charge on any atom is -0.390 e. The van der Waals surface area contributed by atoms with Crippen LogP contribution in [0, 0.1) is 0 Å². The van der Waals surface area contributed by atoms with Crippen LogP contribution in [0.15, 0.2) is 47.5 Å². The van der Waals surface area contributed by atoms with Crippen LogP contribution in [0.1, 0.15) is 44.1 Å². The summed E-state index contributed by atoms with van der Waals surface area (Å²) in [5.74, 6) is 0. The molecule has 0 aromatic heterocycles. The van der Waals surface area contributed by atoms with E-state index < -0.39 is 5.60 Å². The standard InChI is InChI=1S/C18H23NO/c20-18(11-5-2-6-12-18)15-17(10-7-13-19-17)14-16-8-3-1-4-9-16/h1,3-4,7-10,13,20H,2,5-6,11-12,14-15H2. The maximum atomic E-state index is 10.9. The van der Waals surface area contributed by atoms with Crippen LogP contribution in [0.2, 0.25) is 0 Å². The molecule has 1 atom stereocenters. The molecule has 0 saturated heterocycles. The zero-order chi connectivity index (χ0) is 13.9. The van der Waals surface area contributed by atoms with E-state index in [1.165, 1.54) is 12.0 Å². The van der Waals surface area contributed by atoms with Gasteiger partial charge in [-0.3, -0.25) is 4.99 Å². The molecule has 1 aromatic carbocycles. The third-order valence-electron chi connectivity index (χ3n) is 4.60. The molecule has 1 saturated carbocycles. The molecule has 1 aromatic rings. The molecule has 1 aliphatic carbocycles. The van der Waals surface area contributed by atoms with Gasteiger partial charge < -0.3 is 5.11 Å². The molecule has 2 heteroatoms. The predicted octanol–water partition coefficient (Wildman–Crippen LogP) is 3.69. The molecule has 1 heterocycles. The van der Waals surface area contributed by atoms with Crippen molar-refractivity contribution in [3.63, 3.8) is 0 Å². The van der Waals surface area contributed by atoms with E-state index in [0.717, 1.165) is 38.5 Å². The Balaban J connectivity index is 1.78. The Hall–Kier alpha value is -1.41. The van der Waals surface area contributed by atoms with Gasteiger partial charge in [0.05, 0.1) is 11.1 Å². The SMILES string of the molecule is OC1(CC2(Cc3ccccc3)C=CC=N2)CCCCC1. The highest BCUT2D eigenvalue weighted by Gasteiger charge is 2.40. The van der Waals surface area contributed by atoms with Crippen LogP contribution in [-0.2, 0) is 6.42 Å². The highest BCUT2D eigenvalue weighted by molar-refractivity contribution is 5.75. The lowest BCUT2D eigenvalue weighted by molar-refractivity contribution is -0.0162. The van der Waals surface area contributed by atoms with Crippen molar-refractivity contribution in [1.82, 2.24) is 0 Å². The van der Waals surface area contributed by atoms with Crippen molar-refractivity contribution in [2.24, 2.45) is 4.99 Å². The summed E-state index contributed by atoms with van der Waals surface area (Å²) in [4.78, 5) is 4.71. The fourth-order valence-electron chi connectivity index (χ4n) is 3.63. The fourth-order valence-corrected chi connectivity index (χ4v) is 3.63. The molecule has 0 spiro atoms. The van der Waals surface area contributed by atoms with Crippen LogP contribution in [0.3, 0.4) is 0 Å². The van der Waals surface area contributed by atoms with E-state index in [1.807, 2.05) is 18.4 Å². The van der Waals surface area contributed by atoms with Gasteiger partial charge in [0.1, 0.15) is 0 Å². The summed E-state index contributed by atoms with van der Waals surface area (Å²) in [6.07, 6.45) is 13.1.